The van der Waals surface area contributed by atoms with Crippen molar-refractivity contribution < 1.29 is 5.11 Å². The highest BCUT2D eigenvalue weighted by Crippen LogP contribution is 2.33. The molecule has 0 saturated heterocycles. The van der Waals surface area contributed by atoms with Gasteiger partial charge in [0, 0.05) is 0 Å². The number of rotatable bonds is 5. The molecule has 0 atom stereocenters. The lowest BCUT2D eigenvalue weighted by Crippen LogP contribution is -1.82. The van der Waals surface area contributed by atoms with Crippen molar-refractivity contribution >= 4 is 0 Å². The maximum Gasteiger partial charge on any atom is 0.0822 e. The molecule has 0 amide bonds. The molecule has 1 fully saturated rings. The third-order valence-electron chi connectivity index (χ3n) is 1.95. The average Bonchev–Trinajstić information content (AvgIpc) is 2.63. The largest absolute Gasteiger partial charge is 0.237 e. The van der Waals surface area contributed by atoms with E-state index in [2.05, 4.69) is 0 Å². The summed E-state index contributed by atoms with van der Waals surface area (Å²) in [6, 6.07) is 0. The molecule has 53 valence electrons. The van der Waals surface area contributed by atoms with E-state index < -0.39 is 0 Å². The molecule has 0 heterocycles. The first-order valence-electron chi connectivity index (χ1n) is 4.01. The van der Waals surface area contributed by atoms with E-state index in [4.69, 9.17) is 0 Å². The Balaban J connectivity index is 1.71. The van der Waals surface area contributed by atoms with Crippen LogP contribution in [0.1, 0.15) is 38.5 Å². The van der Waals surface area contributed by atoms with Gasteiger partial charge < -0.3 is 0 Å². The highest BCUT2D eigenvalue weighted by molar-refractivity contribution is 4.72. The zero-order valence-electron chi connectivity index (χ0n) is 5.94. The second-order valence-corrected chi connectivity index (χ2v) is 3.00. The van der Waals surface area contributed by atoms with Crippen LogP contribution in [-0.2, 0) is 5.11 Å². The van der Waals surface area contributed by atoms with Crippen LogP contribution in [-0.4, -0.2) is 6.61 Å². The first kappa shape index (κ1) is 7.07. The summed E-state index contributed by atoms with van der Waals surface area (Å²) in [5.41, 5.74) is 0. The maximum atomic E-state index is 9.99. The SMILES string of the molecule is [O]CCCCCC1CC1. The van der Waals surface area contributed by atoms with Gasteiger partial charge in [-0.3, -0.25) is 0 Å². The topological polar surface area (TPSA) is 19.9 Å². The first-order chi connectivity index (χ1) is 4.43. The second-order valence-electron chi connectivity index (χ2n) is 3.00. The minimum Gasteiger partial charge on any atom is -0.237 e. The van der Waals surface area contributed by atoms with Crippen LogP contribution >= 0.6 is 0 Å². The van der Waals surface area contributed by atoms with Gasteiger partial charge in [-0.1, -0.05) is 32.1 Å². The van der Waals surface area contributed by atoms with Crippen LogP contribution in [0.5, 0.6) is 0 Å². The van der Waals surface area contributed by atoms with Gasteiger partial charge in [0.2, 0.25) is 0 Å². The molecular formula is C8H15O. The van der Waals surface area contributed by atoms with Crippen LogP contribution in [0.4, 0.5) is 0 Å². The fraction of sp³-hybridized carbons (Fsp3) is 1.00. The molecule has 1 heteroatoms. The minimum absolute atomic E-state index is 0.130. The van der Waals surface area contributed by atoms with Gasteiger partial charge in [0.25, 0.3) is 0 Å². The Morgan fingerprint density at radius 3 is 2.44 bits per heavy atom. The van der Waals surface area contributed by atoms with Crippen LogP contribution in [0.3, 0.4) is 0 Å². The van der Waals surface area contributed by atoms with Gasteiger partial charge in [-0.25, -0.2) is 5.11 Å². The fourth-order valence-electron chi connectivity index (χ4n) is 1.12. The monoisotopic (exact) mass is 127 g/mol. The predicted molar refractivity (Wildman–Crippen MR) is 36.7 cm³/mol. The lowest BCUT2D eigenvalue weighted by molar-refractivity contribution is 0.185. The summed E-state index contributed by atoms with van der Waals surface area (Å²) >= 11 is 0. The van der Waals surface area contributed by atoms with Crippen molar-refractivity contribution in [1.29, 1.82) is 0 Å². The minimum atomic E-state index is 0.130. The quantitative estimate of drug-likeness (QED) is 0.505. The molecule has 0 aromatic rings. The summed E-state index contributed by atoms with van der Waals surface area (Å²) in [5, 5.41) is 9.99. The molecule has 9 heavy (non-hydrogen) atoms. The van der Waals surface area contributed by atoms with E-state index in [9.17, 15) is 5.11 Å². The zero-order chi connectivity index (χ0) is 6.53. The lowest BCUT2D eigenvalue weighted by atomic mass is 10.1. The molecule has 0 bridgehead atoms. The molecular weight excluding hydrogens is 112 g/mol. The molecule has 0 N–H and O–H groups in total. The van der Waals surface area contributed by atoms with E-state index in [1.165, 1.54) is 32.1 Å². The Bertz CT molecular complexity index is 67.0. The van der Waals surface area contributed by atoms with E-state index in [1.54, 1.807) is 0 Å². The van der Waals surface area contributed by atoms with Gasteiger partial charge in [0.15, 0.2) is 0 Å². The average molecular weight is 127 g/mol. The van der Waals surface area contributed by atoms with E-state index in [0.717, 1.165) is 12.3 Å². The Kier molecular flexibility index (Phi) is 3.05. The molecule has 0 aromatic heterocycles. The van der Waals surface area contributed by atoms with Crippen molar-refractivity contribution in [3.8, 4) is 0 Å². The highest BCUT2D eigenvalue weighted by Gasteiger charge is 2.19. The summed E-state index contributed by atoms with van der Waals surface area (Å²) in [4.78, 5) is 0. The molecule has 0 unspecified atom stereocenters. The van der Waals surface area contributed by atoms with Gasteiger partial charge in [0.05, 0.1) is 6.61 Å². The first-order valence-corrected chi connectivity index (χ1v) is 4.01. The van der Waals surface area contributed by atoms with Crippen molar-refractivity contribution in [2.24, 2.45) is 5.92 Å². The summed E-state index contributed by atoms with van der Waals surface area (Å²) in [6.07, 6.45) is 7.66. The molecule has 1 rings (SSSR count). The number of hydrogen-bond acceptors (Lipinski definition) is 0. The number of unbranched alkanes of at least 4 members (excludes halogenated alkanes) is 2. The molecule has 0 aliphatic heterocycles. The van der Waals surface area contributed by atoms with E-state index in [1.807, 2.05) is 0 Å². The van der Waals surface area contributed by atoms with Crippen molar-refractivity contribution in [3.05, 3.63) is 0 Å². The van der Waals surface area contributed by atoms with Crippen LogP contribution in [0.2, 0.25) is 0 Å². The Labute approximate surface area is 57.1 Å². The standard InChI is InChI=1S/C8H15O/c9-7-3-1-2-4-8-5-6-8/h8H,1-7H2. The normalized spacial score (nSPS) is 18.3. The van der Waals surface area contributed by atoms with Crippen molar-refractivity contribution in [3.63, 3.8) is 0 Å². The summed E-state index contributed by atoms with van der Waals surface area (Å²) in [6.45, 7) is 0.130. The van der Waals surface area contributed by atoms with Crippen molar-refractivity contribution in [2.75, 3.05) is 6.61 Å². The summed E-state index contributed by atoms with van der Waals surface area (Å²) < 4.78 is 0. The third kappa shape index (κ3) is 3.52. The summed E-state index contributed by atoms with van der Waals surface area (Å²) in [5.74, 6) is 1.05. The molecule has 0 spiro atoms. The van der Waals surface area contributed by atoms with Crippen molar-refractivity contribution in [2.45, 2.75) is 38.5 Å². The Hall–Kier alpha value is -0.0400. The fourth-order valence-corrected chi connectivity index (χ4v) is 1.12. The molecule has 1 nitrogen and oxygen atoms in total. The van der Waals surface area contributed by atoms with E-state index in [0.29, 0.717) is 0 Å². The second kappa shape index (κ2) is 3.89. The van der Waals surface area contributed by atoms with Crippen molar-refractivity contribution in [1.82, 2.24) is 0 Å². The van der Waals surface area contributed by atoms with Gasteiger partial charge in [0.1, 0.15) is 0 Å². The lowest BCUT2D eigenvalue weighted by Gasteiger charge is -1.94. The molecule has 1 aliphatic carbocycles. The molecule has 1 saturated carbocycles. The molecule has 0 aromatic carbocycles. The van der Waals surface area contributed by atoms with Gasteiger partial charge in [-0.05, 0) is 12.3 Å². The zero-order valence-corrected chi connectivity index (χ0v) is 5.94. The van der Waals surface area contributed by atoms with Crippen LogP contribution in [0.25, 0.3) is 0 Å². The van der Waals surface area contributed by atoms with Crippen LogP contribution in [0, 0.1) is 5.92 Å². The summed E-state index contributed by atoms with van der Waals surface area (Å²) in [7, 11) is 0. The van der Waals surface area contributed by atoms with Gasteiger partial charge >= 0.3 is 0 Å². The molecule has 1 radical (unpaired) electrons. The van der Waals surface area contributed by atoms with E-state index in [-0.39, 0.29) is 6.61 Å². The Morgan fingerprint density at radius 2 is 1.89 bits per heavy atom. The van der Waals surface area contributed by atoms with Crippen LogP contribution < -0.4 is 0 Å². The maximum absolute atomic E-state index is 9.99. The van der Waals surface area contributed by atoms with E-state index >= 15 is 0 Å². The predicted octanol–water partition coefficient (Wildman–Crippen LogP) is 2.39. The Morgan fingerprint density at radius 1 is 1.11 bits per heavy atom. The highest BCUT2D eigenvalue weighted by atomic mass is 16.2. The van der Waals surface area contributed by atoms with Crippen LogP contribution in [0.15, 0.2) is 0 Å². The van der Waals surface area contributed by atoms with Gasteiger partial charge in [-0.15, -0.1) is 0 Å². The number of hydrogen-bond donors (Lipinski definition) is 0. The third-order valence-corrected chi connectivity index (χ3v) is 1.95. The van der Waals surface area contributed by atoms with Gasteiger partial charge in [-0.2, -0.15) is 0 Å². The smallest absolute Gasteiger partial charge is 0.0822 e. The molecule has 1 aliphatic rings.